The quantitative estimate of drug-likeness (QED) is 0.0565. The number of likely N-dealkylation sites (N-methyl/N-ethyl adjacent to an activating group) is 5. The molecule has 1 aromatic rings. The van der Waals surface area contributed by atoms with Crippen molar-refractivity contribution in [1.29, 1.82) is 0 Å². The molecule has 7 N–H and O–H groups in total. The minimum Gasteiger partial charge on any atom is -0.497 e. The van der Waals surface area contributed by atoms with E-state index in [9.17, 15) is 48.3 Å². The molecule has 1 fully saturated rings. The van der Waals surface area contributed by atoms with Gasteiger partial charge in [0.15, 0.2) is 0 Å². The number of esters is 1. The van der Waals surface area contributed by atoms with Crippen LogP contribution < -0.4 is 31.7 Å². The highest BCUT2D eigenvalue weighted by atomic mass is 16.6. The monoisotopic (exact) mass is 1270 g/mol. The Morgan fingerprint density at radius 2 is 1.16 bits per heavy atom. The molecule has 0 spiro atoms. The average molecular weight is 1270 g/mol. The summed E-state index contributed by atoms with van der Waals surface area (Å²) in [6.07, 6.45) is 1.49. The van der Waals surface area contributed by atoms with Gasteiger partial charge in [-0.05, 0) is 101 Å². The number of carboxylic acid groups (broad SMARTS) is 1. The summed E-state index contributed by atoms with van der Waals surface area (Å²) >= 11 is 0. The Kier molecular flexibility index (Phi) is 30.9. The van der Waals surface area contributed by atoms with Gasteiger partial charge >= 0.3 is 11.9 Å². The summed E-state index contributed by atoms with van der Waals surface area (Å²) in [4.78, 5) is 176. The summed E-state index contributed by atoms with van der Waals surface area (Å²) < 4.78 is 10.9. The van der Waals surface area contributed by atoms with Crippen molar-refractivity contribution in [2.75, 3.05) is 55.4 Å². The van der Waals surface area contributed by atoms with E-state index in [0.717, 1.165) is 14.7 Å². The number of hydrogen-bond acceptors (Lipinski definition) is 15. The van der Waals surface area contributed by atoms with Gasteiger partial charge in [0.1, 0.15) is 65.7 Å². The maximum Gasteiger partial charge on any atom is 0.326 e. The summed E-state index contributed by atoms with van der Waals surface area (Å²) in [6.45, 7) is 24.7. The first-order chi connectivity index (χ1) is 41.7. The van der Waals surface area contributed by atoms with E-state index in [2.05, 4.69) is 21.3 Å². The molecule has 0 saturated carbocycles. The van der Waals surface area contributed by atoms with Gasteiger partial charge in [0, 0.05) is 48.2 Å². The molecular weight excluding hydrogens is 1160 g/mol. The standard InChI is InChI=1S/C64H107N11O15/c1-22-38(9)52(55(79)66-34-47(76)71(17)50(36(5)6)56(80)68-44(63(87)88)32-42-27-29-43(89-21)30-28-42)73(19)62(86)53(39(10)23-2)74(20)60(84)46(33-48(77)90-64(13,14)15)70(16)61(85)49(35(3)4)69-57(81)51(37(7)8)72(18)59(83)45-26-24-25-31-75(45)58(82)41(12)67-54(78)40(11)65/h27-30,35-41,44-46,49-53H,22-26,31-34,65H2,1-21H3,(H,66,79)(H,67,78)(H,68,80)(H,69,81)(H,87,88)/t38-,39-,40?,41+,44-,45-,46-,49-,50-,51-,52-,53-/m0/s1. The minimum absolute atomic E-state index is 0.0579. The zero-order valence-electron chi connectivity index (χ0n) is 57.3. The third-order valence-electron chi connectivity index (χ3n) is 16.7. The first-order valence-electron chi connectivity index (χ1n) is 31.4. The zero-order chi connectivity index (χ0) is 69.1. The minimum atomic E-state index is -1.63. The largest absolute Gasteiger partial charge is 0.497 e. The first-order valence-corrected chi connectivity index (χ1v) is 31.4. The molecule has 0 bridgehead atoms. The molecule has 508 valence electrons. The van der Waals surface area contributed by atoms with Gasteiger partial charge in [-0.15, -0.1) is 0 Å². The molecule has 1 saturated heterocycles. The van der Waals surface area contributed by atoms with Gasteiger partial charge < -0.3 is 71.0 Å². The van der Waals surface area contributed by atoms with Crippen LogP contribution in [0.3, 0.4) is 0 Å². The first kappa shape index (κ1) is 78.7. The van der Waals surface area contributed by atoms with Crippen molar-refractivity contribution >= 4 is 71.0 Å². The van der Waals surface area contributed by atoms with Crippen LogP contribution in [-0.2, 0) is 68.7 Å². The van der Waals surface area contributed by atoms with E-state index in [1.807, 2.05) is 6.92 Å². The number of amides is 10. The number of rotatable bonds is 32. The number of aliphatic carboxylic acids is 1. The number of carbonyl (C=O) groups is 12. The maximum atomic E-state index is 15.3. The lowest BCUT2D eigenvalue weighted by Crippen LogP contribution is -2.63. The Morgan fingerprint density at radius 1 is 0.633 bits per heavy atom. The highest BCUT2D eigenvalue weighted by Crippen LogP contribution is 2.27. The summed E-state index contributed by atoms with van der Waals surface area (Å²) in [5.41, 5.74) is 5.31. The van der Waals surface area contributed by atoms with Crippen molar-refractivity contribution < 1.29 is 72.1 Å². The third-order valence-corrected chi connectivity index (χ3v) is 16.7. The lowest BCUT2D eigenvalue weighted by molar-refractivity contribution is -0.162. The Labute approximate surface area is 533 Å². The SMILES string of the molecule is CC[C@H](C)[C@@H](C(=O)NCC(=O)N(C)[C@H](C(=O)N[C@@H](Cc1ccc(OC)cc1)C(=O)O)C(C)C)N(C)C(=O)[C@H]([C@@H](C)CC)N(C)C(=O)[C@H](CC(=O)OC(C)(C)C)N(C)C(=O)[C@@H](NC(=O)[C@H](C(C)C)N(C)C(=O)[C@@H]1CCCCN1C(=O)[C@@H](C)NC(=O)C(C)N)C(C)C. The van der Waals surface area contributed by atoms with Crippen molar-refractivity contribution in [3.8, 4) is 5.75 Å². The van der Waals surface area contributed by atoms with Crippen molar-refractivity contribution in [2.24, 2.45) is 35.3 Å². The molecule has 2 rings (SSSR count). The van der Waals surface area contributed by atoms with Crippen LogP contribution in [0.2, 0.25) is 0 Å². The average Bonchev–Trinajstić information content (AvgIpc) is 0.880. The van der Waals surface area contributed by atoms with E-state index in [0.29, 0.717) is 43.4 Å². The normalized spacial score (nSPS) is 17.1. The van der Waals surface area contributed by atoms with E-state index in [1.165, 1.54) is 70.9 Å². The van der Waals surface area contributed by atoms with E-state index < -0.39 is 180 Å². The molecule has 26 nitrogen and oxygen atoms in total. The summed E-state index contributed by atoms with van der Waals surface area (Å²) in [7, 11) is 8.37. The topological polar surface area (TPSA) is 337 Å². The number of likely N-dealkylation sites (tertiary alicyclic amines) is 1. The van der Waals surface area contributed by atoms with Gasteiger partial charge in [-0.3, -0.25) is 52.7 Å². The van der Waals surface area contributed by atoms with Crippen LogP contribution in [0.25, 0.3) is 0 Å². The number of carboxylic acids is 1. The number of piperidine rings is 1. The number of nitrogens with two attached hydrogens (primary N) is 1. The second kappa shape index (κ2) is 35.3. The number of hydrogen-bond donors (Lipinski definition) is 6. The number of nitrogens with one attached hydrogen (secondary N) is 4. The molecule has 90 heavy (non-hydrogen) atoms. The molecule has 12 atom stereocenters. The van der Waals surface area contributed by atoms with Crippen LogP contribution in [-0.4, -0.2) is 227 Å². The van der Waals surface area contributed by atoms with Gasteiger partial charge in [-0.2, -0.15) is 0 Å². The molecule has 0 aliphatic carbocycles. The molecule has 1 aliphatic rings. The second-order valence-electron chi connectivity index (χ2n) is 26.1. The second-order valence-corrected chi connectivity index (χ2v) is 26.1. The highest BCUT2D eigenvalue weighted by Gasteiger charge is 2.46. The number of benzene rings is 1. The molecule has 1 aliphatic heterocycles. The number of nitrogens with zero attached hydrogens (tertiary/aromatic N) is 6. The summed E-state index contributed by atoms with van der Waals surface area (Å²) in [5, 5.41) is 20.7. The summed E-state index contributed by atoms with van der Waals surface area (Å²) in [6, 6.07) is -5.33. The smallest absolute Gasteiger partial charge is 0.326 e. The van der Waals surface area contributed by atoms with Gasteiger partial charge in [0.2, 0.25) is 59.1 Å². The number of ether oxygens (including phenoxy) is 2. The fourth-order valence-corrected chi connectivity index (χ4v) is 11.2. The molecule has 10 amide bonds. The van der Waals surface area contributed by atoms with Crippen LogP contribution in [0.4, 0.5) is 0 Å². The lowest BCUT2D eigenvalue weighted by Gasteiger charge is -2.41. The number of carbonyl (C=O) groups excluding carboxylic acids is 11. The Morgan fingerprint density at radius 3 is 1.64 bits per heavy atom. The fraction of sp³-hybridized carbons (Fsp3) is 0.719. The van der Waals surface area contributed by atoms with Gasteiger partial charge in [0.25, 0.3) is 0 Å². The van der Waals surface area contributed by atoms with Crippen LogP contribution in [0.1, 0.15) is 148 Å². The van der Waals surface area contributed by atoms with Gasteiger partial charge in [-0.25, -0.2) is 4.79 Å². The van der Waals surface area contributed by atoms with Crippen LogP contribution in [0.15, 0.2) is 24.3 Å². The Hall–Kier alpha value is -7.38. The number of methoxy groups -OCH3 is 1. The maximum absolute atomic E-state index is 15.3. The van der Waals surface area contributed by atoms with E-state index in [-0.39, 0.29) is 13.0 Å². The van der Waals surface area contributed by atoms with Crippen molar-refractivity contribution in [3.05, 3.63) is 29.8 Å². The van der Waals surface area contributed by atoms with Gasteiger partial charge in [-0.1, -0.05) is 94.2 Å². The van der Waals surface area contributed by atoms with Crippen molar-refractivity contribution in [1.82, 2.24) is 50.7 Å². The van der Waals surface area contributed by atoms with E-state index in [4.69, 9.17) is 15.2 Å². The Bertz CT molecular complexity index is 2660. The van der Waals surface area contributed by atoms with Crippen LogP contribution in [0, 0.1) is 29.6 Å². The van der Waals surface area contributed by atoms with Crippen molar-refractivity contribution in [2.45, 2.75) is 215 Å². The molecule has 0 radical (unpaired) electrons. The van der Waals surface area contributed by atoms with E-state index >= 15 is 14.4 Å². The fourth-order valence-electron chi connectivity index (χ4n) is 11.2. The zero-order valence-corrected chi connectivity index (χ0v) is 57.3. The van der Waals surface area contributed by atoms with Crippen molar-refractivity contribution in [3.63, 3.8) is 0 Å². The predicted molar refractivity (Wildman–Crippen MR) is 338 cm³/mol. The predicted octanol–water partition coefficient (Wildman–Crippen LogP) is 2.57. The molecular formula is C64H107N11O15. The molecule has 1 heterocycles. The van der Waals surface area contributed by atoms with Crippen LogP contribution >= 0.6 is 0 Å². The highest BCUT2D eigenvalue weighted by molar-refractivity contribution is 5.99. The van der Waals surface area contributed by atoms with E-state index in [1.54, 1.807) is 107 Å². The lowest BCUT2D eigenvalue weighted by atomic mass is 9.92. The van der Waals surface area contributed by atoms with Gasteiger partial charge in [0.05, 0.1) is 26.1 Å². The molecule has 1 unspecified atom stereocenters. The molecule has 26 heteroatoms. The molecule has 0 aromatic heterocycles. The molecule has 1 aromatic carbocycles. The Balaban J connectivity index is 2.53. The summed E-state index contributed by atoms with van der Waals surface area (Å²) in [5.74, 6) is -11.1. The third kappa shape index (κ3) is 21.7. The van der Waals surface area contributed by atoms with Crippen LogP contribution in [0.5, 0.6) is 5.75 Å².